The SMILES string of the molecule is O=C(O)c1cc(O)c(C(=O)O)c(C(=O)O)c1O. The van der Waals surface area contributed by atoms with Gasteiger partial charge in [0.15, 0.2) is 0 Å². The zero-order chi connectivity index (χ0) is 13.3. The van der Waals surface area contributed by atoms with Crippen molar-refractivity contribution in [3.05, 3.63) is 22.8 Å². The maximum atomic E-state index is 10.7. The lowest BCUT2D eigenvalue weighted by Crippen LogP contribution is -2.11. The minimum atomic E-state index is -1.86. The molecule has 90 valence electrons. The third kappa shape index (κ3) is 1.95. The average Bonchev–Trinajstić information content (AvgIpc) is 2.18. The molecule has 0 unspecified atom stereocenters. The summed E-state index contributed by atoms with van der Waals surface area (Å²) < 4.78 is 0. The Morgan fingerprint density at radius 3 is 1.65 bits per heavy atom. The van der Waals surface area contributed by atoms with Gasteiger partial charge >= 0.3 is 17.9 Å². The standard InChI is InChI=1S/C9H6O8/c10-3-1-2(7(12)13)6(11)5(9(16)17)4(3)8(14)15/h1,10-11H,(H,12,13)(H,14,15)(H,16,17). The number of carboxylic acids is 3. The zero-order valence-corrected chi connectivity index (χ0v) is 8.04. The van der Waals surface area contributed by atoms with Crippen molar-refractivity contribution in [3.8, 4) is 11.5 Å². The lowest BCUT2D eigenvalue weighted by atomic mass is 10.0. The van der Waals surface area contributed by atoms with E-state index in [-0.39, 0.29) is 0 Å². The molecule has 0 radical (unpaired) electrons. The van der Waals surface area contributed by atoms with E-state index in [1.807, 2.05) is 0 Å². The lowest BCUT2D eigenvalue weighted by Gasteiger charge is -2.09. The first kappa shape index (κ1) is 12.3. The molecule has 0 aromatic heterocycles. The molecule has 0 aliphatic rings. The predicted molar refractivity (Wildman–Crippen MR) is 50.6 cm³/mol. The monoisotopic (exact) mass is 242 g/mol. The highest BCUT2D eigenvalue weighted by Crippen LogP contribution is 2.33. The van der Waals surface area contributed by atoms with Gasteiger partial charge in [0.2, 0.25) is 0 Å². The van der Waals surface area contributed by atoms with Gasteiger partial charge in [-0.3, -0.25) is 0 Å². The number of hydrogen-bond acceptors (Lipinski definition) is 5. The van der Waals surface area contributed by atoms with E-state index in [2.05, 4.69) is 0 Å². The van der Waals surface area contributed by atoms with E-state index in [9.17, 15) is 24.6 Å². The fourth-order valence-electron chi connectivity index (χ4n) is 1.25. The Labute approximate surface area is 93.0 Å². The van der Waals surface area contributed by atoms with E-state index in [1.165, 1.54) is 0 Å². The van der Waals surface area contributed by atoms with Crippen LogP contribution in [0.2, 0.25) is 0 Å². The van der Waals surface area contributed by atoms with Crippen LogP contribution in [0.1, 0.15) is 31.1 Å². The van der Waals surface area contributed by atoms with Crippen LogP contribution in [0.4, 0.5) is 0 Å². The predicted octanol–water partition coefficient (Wildman–Crippen LogP) is 0.192. The van der Waals surface area contributed by atoms with Crippen LogP contribution in [0, 0.1) is 0 Å². The average molecular weight is 242 g/mol. The highest BCUT2D eigenvalue weighted by atomic mass is 16.4. The van der Waals surface area contributed by atoms with Crippen LogP contribution < -0.4 is 0 Å². The van der Waals surface area contributed by atoms with E-state index >= 15 is 0 Å². The van der Waals surface area contributed by atoms with E-state index < -0.39 is 46.1 Å². The molecule has 8 heteroatoms. The summed E-state index contributed by atoms with van der Waals surface area (Å²) in [7, 11) is 0. The Morgan fingerprint density at radius 1 is 0.824 bits per heavy atom. The maximum absolute atomic E-state index is 10.7. The molecule has 5 N–H and O–H groups in total. The van der Waals surface area contributed by atoms with E-state index in [4.69, 9.17) is 15.3 Å². The molecule has 0 saturated carbocycles. The third-order valence-corrected chi connectivity index (χ3v) is 1.94. The number of rotatable bonds is 3. The molecular weight excluding hydrogens is 236 g/mol. The molecule has 8 nitrogen and oxygen atoms in total. The van der Waals surface area contributed by atoms with Gasteiger partial charge in [-0.15, -0.1) is 0 Å². The molecule has 0 aliphatic carbocycles. The first-order valence-corrected chi connectivity index (χ1v) is 4.06. The van der Waals surface area contributed by atoms with Crippen LogP contribution in [0.15, 0.2) is 6.07 Å². The molecule has 17 heavy (non-hydrogen) atoms. The number of hydrogen-bond donors (Lipinski definition) is 5. The highest BCUT2D eigenvalue weighted by Gasteiger charge is 2.29. The van der Waals surface area contributed by atoms with Crippen molar-refractivity contribution in [2.24, 2.45) is 0 Å². The van der Waals surface area contributed by atoms with Crippen molar-refractivity contribution in [2.75, 3.05) is 0 Å². The Bertz CT molecular complexity index is 530. The smallest absolute Gasteiger partial charge is 0.340 e. The number of aromatic hydroxyl groups is 2. The number of aromatic carboxylic acids is 3. The van der Waals surface area contributed by atoms with Gasteiger partial charge in [-0.2, -0.15) is 0 Å². The van der Waals surface area contributed by atoms with Crippen molar-refractivity contribution in [1.82, 2.24) is 0 Å². The topological polar surface area (TPSA) is 152 Å². The molecular formula is C9H6O8. The fraction of sp³-hybridized carbons (Fsp3) is 0. The minimum absolute atomic E-state index is 0.466. The van der Waals surface area contributed by atoms with Gasteiger partial charge in [-0.05, 0) is 6.07 Å². The first-order chi connectivity index (χ1) is 7.77. The van der Waals surface area contributed by atoms with Crippen LogP contribution in [0.5, 0.6) is 11.5 Å². The van der Waals surface area contributed by atoms with Gasteiger partial charge in [0.25, 0.3) is 0 Å². The summed E-state index contributed by atoms with van der Waals surface area (Å²) in [5, 5.41) is 44.6. The van der Waals surface area contributed by atoms with Crippen LogP contribution >= 0.6 is 0 Å². The molecule has 0 atom stereocenters. The van der Waals surface area contributed by atoms with E-state index in [0.29, 0.717) is 6.07 Å². The summed E-state index contributed by atoms with van der Waals surface area (Å²) in [5.74, 6) is -7.63. The Balaban J connectivity index is 3.78. The van der Waals surface area contributed by atoms with Crippen LogP contribution in [-0.4, -0.2) is 43.4 Å². The van der Waals surface area contributed by atoms with Crippen molar-refractivity contribution in [2.45, 2.75) is 0 Å². The Kier molecular flexibility index (Phi) is 2.90. The number of phenols is 2. The van der Waals surface area contributed by atoms with E-state index in [0.717, 1.165) is 0 Å². The summed E-state index contributed by atoms with van der Waals surface area (Å²) in [4.78, 5) is 32.1. The minimum Gasteiger partial charge on any atom is -0.507 e. The normalized spacial score (nSPS) is 9.88. The molecule has 1 rings (SSSR count). The summed E-state index contributed by atoms with van der Waals surface area (Å²) in [6, 6.07) is 0.466. The Morgan fingerprint density at radius 2 is 1.29 bits per heavy atom. The number of carboxylic acid groups (broad SMARTS) is 3. The van der Waals surface area contributed by atoms with Crippen LogP contribution in [-0.2, 0) is 0 Å². The van der Waals surface area contributed by atoms with Crippen LogP contribution in [0.25, 0.3) is 0 Å². The summed E-state index contributed by atoms with van der Waals surface area (Å²) in [5.41, 5.74) is -3.14. The van der Waals surface area contributed by atoms with Gasteiger partial charge in [-0.25, -0.2) is 14.4 Å². The molecule has 0 heterocycles. The summed E-state index contributed by atoms with van der Waals surface area (Å²) >= 11 is 0. The zero-order valence-electron chi connectivity index (χ0n) is 8.04. The van der Waals surface area contributed by atoms with Gasteiger partial charge < -0.3 is 25.5 Å². The molecule has 0 fully saturated rings. The number of carbonyl (C=O) groups is 3. The molecule has 0 bridgehead atoms. The van der Waals surface area contributed by atoms with Crippen molar-refractivity contribution >= 4 is 17.9 Å². The van der Waals surface area contributed by atoms with Gasteiger partial charge in [0, 0.05) is 0 Å². The molecule has 1 aromatic rings. The van der Waals surface area contributed by atoms with Gasteiger partial charge in [-0.1, -0.05) is 0 Å². The molecule has 1 aromatic carbocycles. The van der Waals surface area contributed by atoms with Gasteiger partial charge in [0.1, 0.15) is 28.2 Å². The van der Waals surface area contributed by atoms with E-state index in [1.54, 1.807) is 0 Å². The van der Waals surface area contributed by atoms with Crippen molar-refractivity contribution in [1.29, 1.82) is 0 Å². The second-order valence-electron chi connectivity index (χ2n) is 2.96. The Hall–Kier alpha value is -2.77. The van der Waals surface area contributed by atoms with Crippen molar-refractivity contribution < 1.29 is 39.9 Å². The maximum Gasteiger partial charge on any atom is 0.340 e. The number of benzene rings is 1. The quantitative estimate of drug-likeness (QED) is 0.471. The lowest BCUT2D eigenvalue weighted by molar-refractivity contribution is 0.0641. The molecule has 0 spiro atoms. The van der Waals surface area contributed by atoms with Crippen LogP contribution in [0.3, 0.4) is 0 Å². The summed E-state index contributed by atoms with van der Waals surface area (Å²) in [6.07, 6.45) is 0. The van der Waals surface area contributed by atoms with Crippen molar-refractivity contribution in [3.63, 3.8) is 0 Å². The molecule has 0 amide bonds. The fourth-order valence-corrected chi connectivity index (χ4v) is 1.25. The summed E-state index contributed by atoms with van der Waals surface area (Å²) in [6.45, 7) is 0. The third-order valence-electron chi connectivity index (χ3n) is 1.94. The highest BCUT2D eigenvalue weighted by molar-refractivity contribution is 6.08. The molecule has 0 aliphatic heterocycles. The van der Waals surface area contributed by atoms with Gasteiger partial charge in [0.05, 0.1) is 0 Å². The second kappa shape index (κ2) is 4.00. The largest absolute Gasteiger partial charge is 0.507 e. The second-order valence-corrected chi connectivity index (χ2v) is 2.96. The molecule has 0 saturated heterocycles. The first-order valence-electron chi connectivity index (χ1n) is 4.06.